The molecule has 0 spiro atoms. The van der Waals surface area contributed by atoms with E-state index in [1.807, 2.05) is 0 Å². The zero-order valence-corrected chi connectivity index (χ0v) is 11.0. The molecule has 100 valence electrons. The van der Waals surface area contributed by atoms with Crippen molar-refractivity contribution in [2.24, 2.45) is 0 Å². The summed E-state index contributed by atoms with van der Waals surface area (Å²) in [4.78, 5) is 4.65. The third-order valence-electron chi connectivity index (χ3n) is 4.29. The van der Waals surface area contributed by atoms with Crippen LogP contribution in [0, 0.1) is 0 Å². The molecule has 0 amide bonds. The molecule has 1 aromatic rings. The Labute approximate surface area is 109 Å². The molecule has 1 aliphatic carbocycles. The first kappa shape index (κ1) is 12.2. The van der Waals surface area contributed by atoms with E-state index in [-0.39, 0.29) is 0 Å². The third kappa shape index (κ3) is 2.74. The van der Waals surface area contributed by atoms with Gasteiger partial charge in [0.15, 0.2) is 5.82 Å². The Hall–Kier alpha value is -0.900. The van der Waals surface area contributed by atoms with E-state index in [0.717, 1.165) is 24.7 Å². The van der Waals surface area contributed by atoms with Crippen molar-refractivity contribution in [3.8, 4) is 0 Å². The van der Waals surface area contributed by atoms with Crippen LogP contribution in [0.5, 0.6) is 0 Å². The molecule has 2 heterocycles. The van der Waals surface area contributed by atoms with Crippen LogP contribution in [0.25, 0.3) is 0 Å². The molecule has 0 radical (unpaired) electrons. The summed E-state index contributed by atoms with van der Waals surface area (Å²) in [7, 11) is 0. The van der Waals surface area contributed by atoms with Gasteiger partial charge in [-0.2, -0.15) is 4.98 Å². The Morgan fingerprint density at radius 3 is 2.44 bits per heavy atom. The van der Waals surface area contributed by atoms with Gasteiger partial charge in [-0.3, -0.25) is 0 Å². The molecule has 1 aliphatic heterocycles. The Kier molecular flexibility index (Phi) is 3.93. The molecule has 0 aromatic carbocycles. The first-order chi connectivity index (χ1) is 8.93. The summed E-state index contributed by atoms with van der Waals surface area (Å²) in [5.74, 6) is 2.30. The molecule has 1 N–H and O–H groups in total. The van der Waals surface area contributed by atoms with Crippen molar-refractivity contribution in [3.63, 3.8) is 0 Å². The highest BCUT2D eigenvalue weighted by Gasteiger charge is 2.25. The smallest absolute Gasteiger partial charge is 0.243 e. The van der Waals surface area contributed by atoms with E-state index < -0.39 is 0 Å². The van der Waals surface area contributed by atoms with Crippen molar-refractivity contribution in [3.05, 3.63) is 11.7 Å². The highest BCUT2D eigenvalue weighted by Crippen LogP contribution is 2.30. The second-order valence-electron chi connectivity index (χ2n) is 5.68. The van der Waals surface area contributed by atoms with E-state index in [2.05, 4.69) is 15.5 Å². The van der Waals surface area contributed by atoms with Gasteiger partial charge < -0.3 is 9.84 Å². The van der Waals surface area contributed by atoms with Gasteiger partial charge in [-0.25, -0.2) is 0 Å². The SMILES string of the molecule is C1CCCC(c2noc([C@@H]3CCCN3)n2)CCC1. The maximum absolute atomic E-state index is 5.45. The van der Waals surface area contributed by atoms with E-state index in [9.17, 15) is 0 Å². The number of hydrogen-bond acceptors (Lipinski definition) is 4. The lowest BCUT2D eigenvalue weighted by Gasteiger charge is -2.15. The van der Waals surface area contributed by atoms with Gasteiger partial charge in [0.05, 0.1) is 6.04 Å². The van der Waals surface area contributed by atoms with E-state index in [1.165, 1.54) is 51.4 Å². The molecule has 3 rings (SSSR count). The van der Waals surface area contributed by atoms with Gasteiger partial charge in [0.25, 0.3) is 0 Å². The fourth-order valence-corrected chi connectivity index (χ4v) is 3.16. The topological polar surface area (TPSA) is 51.0 Å². The van der Waals surface area contributed by atoms with Crippen LogP contribution in [0.2, 0.25) is 0 Å². The van der Waals surface area contributed by atoms with Gasteiger partial charge in [-0.05, 0) is 32.2 Å². The fourth-order valence-electron chi connectivity index (χ4n) is 3.16. The Bertz CT molecular complexity index is 363. The Morgan fingerprint density at radius 1 is 0.944 bits per heavy atom. The normalized spacial score (nSPS) is 27.0. The second kappa shape index (κ2) is 5.83. The molecule has 2 fully saturated rings. The zero-order valence-electron chi connectivity index (χ0n) is 11.0. The second-order valence-corrected chi connectivity index (χ2v) is 5.68. The predicted octanol–water partition coefficient (Wildman–Crippen LogP) is 3.32. The maximum atomic E-state index is 5.45. The molecule has 4 nitrogen and oxygen atoms in total. The lowest BCUT2D eigenvalue weighted by molar-refractivity contribution is 0.335. The number of hydrogen-bond donors (Lipinski definition) is 1. The summed E-state index contributed by atoms with van der Waals surface area (Å²) in [6.07, 6.45) is 11.6. The van der Waals surface area contributed by atoms with Crippen molar-refractivity contribution in [1.82, 2.24) is 15.5 Å². The lowest BCUT2D eigenvalue weighted by Crippen LogP contribution is -2.13. The van der Waals surface area contributed by atoms with E-state index in [4.69, 9.17) is 4.52 Å². The minimum absolute atomic E-state index is 0.305. The Morgan fingerprint density at radius 2 is 1.72 bits per heavy atom. The fraction of sp³-hybridized carbons (Fsp3) is 0.857. The van der Waals surface area contributed by atoms with Crippen molar-refractivity contribution in [2.75, 3.05) is 6.54 Å². The maximum Gasteiger partial charge on any atom is 0.243 e. The average molecular weight is 249 g/mol. The first-order valence-electron chi connectivity index (χ1n) is 7.50. The molecule has 1 aromatic heterocycles. The van der Waals surface area contributed by atoms with Crippen molar-refractivity contribution >= 4 is 0 Å². The van der Waals surface area contributed by atoms with Crippen LogP contribution in [0.4, 0.5) is 0 Å². The van der Waals surface area contributed by atoms with Crippen molar-refractivity contribution in [2.45, 2.75) is 69.7 Å². The zero-order chi connectivity index (χ0) is 12.2. The highest BCUT2D eigenvalue weighted by molar-refractivity contribution is 5.00. The molecule has 4 heteroatoms. The van der Waals surface area contributed by atoms with Crippen LogP contribution < -0.4 is 5.32 Å². The number of rotatable bonds is 2. The largest absolute Gasteiger partial charge is 0.338 e. The quantitative estimate of drug-likeness (QED) is 0.873. The molecule has 1 saturated carbocycles. The third-order valence-corrected chi connectivity index (χ3v) is 4.29. The summed E-state index contributed by atoms with van der Waals surface area (Å²) in [5, 5.41) is 7.65. The average Bonchev–Trinajstić information content (AvgIpc) is 2.98. The summed E-state index contributed by atoms with van der Waals surface area (Å²) in [6, 6.07) is 0.305. The molecular weight excluding hydrogens is 226 g/mol. The molecule has 1 atom stereocenters. The minimum atomic E-state index is 0.305. The lowest BCUT2D eigenvalue weighted by atomic mass is 9.91. The van der Waals surface area contributed by atoms with Crippen LogP contribution >= 0.6 is 0 Å². The summed E-state index contributed by atoms with van der Waals surface area (Å²) in [5.41, 5.74) is 0. The van der Waals surface area contributed by atoms with Crippen LogP contribution in [-0.4, -0.2) is 16.7 Å². The van der Waals surface area contributed by atoms with Gasteiger partial charge in [-0.15, -0.1) is 0 Å². The number of aromatic nitrogens is 2. The minimum Gasteiger partial charge on any atom is -0.338 e. The monoisotopic (exact) mass is 249 g/mol. The highest BCUT2D eigenvalue weighted by atomic mass is 16.5. The van der Waals surface area contributed by atoms with E-state index in [1.54, 1.807) is 0 Å². The van der Waals surface area contributed by atoms with Crippen molar-refractivity contribution < 1.29 is 4.52 Å². The standard InChI is InChI=1S/C14H23N3O/c1-2-4-7-11(8-5-3-1)13-16-14(18-17-13)12-9-6-10-15-12/h11-12,15H,1-10H2/t12-/m0/s1. The number of nitrogens with zero attached hydrogens (tertiary/aromatic N) is 2. The molecule has 2 aliphatic rings. The molecular formula is C14H23N3O. The van der Waals surface area contributed by atoms with Gasteiger partial charge in [0.1, 0.15) is 0 Å². The Balaban J connectivity index is 1.66. The van der Waals surface area contributed by atoms with Gasteiger partial charge in [0.2, 0.25) is 5.89 Å². The predicted molar refractivity (Wildman–Crippen MR) is 69.3 cm³/mol. The van der Waals surface area contributed by atoms with Crippen LogP contribution in [0.3, 0.4) is 0 Å². The molecule has 0 bridgehead atoms. The van der Waals surface area contributed by atoms with E-state index in [0.29, 0.717) is 12.0 Å². The van der Waals surface area contributed by atoms with Gasteiger partial charge >= 0.3 is 0 Å². The van der Waals surface area contributed by atoms with Gasteiger partial charge in [0, 0.05) is 5.92 Å². The first-order valence-corrected chi connectivity index (χ1v) is 7.50. The van der Waals surface area contributed by atoms with E-state index >= 15 is 0 Å². The van der Waals surface area contributed by atoms with Gasteiger partial charge in [-0.1, -0.05) is 37.3 Å². The summed E-state index contributed by atoms with van der Waals surface area (Å²) < 4.78 is 5.45. The summed E-state index contributed by atoms with van der Waals surface area (Å²) >= 11 is 0. The molecule has 18 heavy (non-hydrogen) atoms. The molecule has 0 unspecified atom stereocenters. The van der Waals surface area contributed by atoms with Crippen molar-refractivity contribution in [1.29, 1.82) is 0 Å². The van der Waals surface area contributed by atoms with Crippen LogP contribution in [0.1, 0.15) is 81.5 Å². The number of nitrogens with one attached hydrogen (secondary N) is 1. The molecule has 1 saturated heterocycles. The van der Waals surface area contributed by atoms with Crippen LogP contribution in [-0.2, 0) is 0 Å². The summed E-state index contributed by atoms with van der Waals surface area (Å²) in [6.45, 7) is 1.08. The van der Waals surface area contributed by atoms with Crippen LogP contribution in [0.15, 0.2) is 4.52 Å².